The van der Waals surface area contributed by atoms with Crippen LogP contribution in [0.15, 0.2) is 16.6 Å². The number of aromatic hydroxyl groups is 1. The molecule has 2 aromatic heterocycles. The van der Waals surface area contributed by atoms with Crippen molar-refractivity contribution in [1.82, 2.24) is 14.3 Å². The van der Waals surface area contributed by atoms with Crippen LogP contribution in [0.3, 0.4) is 0 Å². The fourth-order valence-corrected chi connectivity index (χ4v) is 2.94. The van der Waals surface area contributed by atoms with E-state index >= 15 is 0 Å². The second-order valence-electron chi connectivity index (χ2n) is 3.36. The maximum absolute atomic E-state index is 9.33. The highest BCUT2D eigenvalue weighted by Crippen LogP contribution is 2.23. The Kier molecular flexibility index (Phi) is 3.40. The molecule has 0 saturated heterocycles. The normalized spacial score (nSPS) is 10.6. The summed E-state index contributed by atoms with van der Waals surface area (Å²) in [6.07, 6.45) is 0. The summed E-state index contributed by atoms with van der Waals surface area (Å²) in [6, 6.07) is 1.54. The summed E-state index contributed by atoms with van der Waals surface area (Å²) in [7, 11) is 0. The SMILES string of the molecule is Cc1cc(O)nc(SCc2csnc2C)n1. The van der Waals surface area contributed by atoms with E-state index in [-0.39, 0.29) is 5.88 Å². The molecule has 0 radical (unpaired) electrons. The molecule has 0 atom stereocenters. The fourth-order valence-electron chi connectivity index (χ4n) is 1.18. The van der Waals surface area contributed by atoms with Crippen LogP contribution in [0, 0.1) is 13.8 Å². The molecule has 2 heterocycles. The Balaban J connectivity index is 2.07. The second kappa shape index (κ2) is 4.80. The van der Waals surface area contributed by atoms with Crippen molar-refractivity contribution in [3.8, 4) is 5.88 Å². The van der Waals surface area contributed by atoms with Gasteiger partial charge in [0.25, 0.3) is 0 Å². The van der Waals surface area contributed by atoms with Gasteiger partial charge in [0, 0.05) is 22.9 Å². The van der Waals surface area contributed by atoms with Crippen molar-refractivity contribution in [2.45, 2.75) is 24.8 Å². The van der Waals surface area contributed by atoms with Crippen LogP contribution in [0.2, 0.25) is 0 Å². The summed E-state index contributed by atoms with van der Waals surface area (Å²) < 4.78 is 4.20. The molecule has 16 heavy (non-hydrogen) atoms. The van der Waals surface area contributed by atoms with Gasteiger partial charge in [-0.3, -0.25) is 0 Å². The third kappa shape index (κ3) is 2.70. The Morgan fingerprint density at radius 1 is 1.38 bits per heavy atom. The molecular weight excluding hydrogens is 242 g/mol. The number of rotatable bonds is 3. The standard InChI is InChI=1S/C10H11N3OS2/c1-6-3-9(14)12-10(11-6)15-4-8-5-16-13-7(8)2/h3,5H,4H2,1-2H3,(H,11,12,14). The summed E-state index contributed by atoms with van der Waals surface area (Å²) in [5, 5.41) is 12.0. The van der Waals surface area contributed by atoms with Crippen molar-refractivity contribution in [2.24, 2.45) is 0 Å². The minimum Gasteiger partial charge on any atom is -0.493 e. The molecule has 0 aliphatic heterocycles. The third-order valence-electron chi connectivity index (χ3n) is 2.03. The zero-order valence-corrected chi connectivity index (χ0v) is 10.6. The van der Waals surface area contributed by atoms with Gasteiger partial charge in [-0.25, -0.2) is 4.98 Å². The molecule has 84 valence electrons. The monoisotopic (exact) mass is 253 g/mol. The summed E-state index contributed by atoms with van der Waals surface area (Å²) >= 11 is 2.96. The molecule has 2 aromatic rings. The maximum Gasteiger partial charge on any atom is 0.215 e. The first-order valence-corrected chi connectivity index (χ1v) is 6.54. The van der Waals surface area contributed by atoms with Gasteiger partial charge in [-0.1, -0.05) is 11.8 Å². The lowest BCUT2D eigenvalue weighted by Crippen LogP contribution is -1.90. The molecular formula is C10H11N3OS2. The zero-order chi connectivity index (χ0) is 11.5. The molecule has 0 bridgehead atoms. The van der Waals surface area contributed by atoms with Gasteiger partial charge in [-0.2, -0.15) is 9.36 Å². The topological polar surface area (TPSA) is 58.9 Å². The van der Waals surface area contributed by atoms with Crippen molar-refractivity contribution in [3.05, 3.63) is 28.4 Å². The molecule has 1 N–H and O–H groups in total. The van der Waals surface area contributed by atoms with Crippen LogP contribution in [0.4, 0.5) is 0 Å². The van der Waals surface area contributed by atoms with E-state index in [1.807, 2.05) is 19.2 Å². The Morgan fingerprint density at radius 2 is 2.19 bits per heavy atom. The maximum atomic E-state index is 9.33. The lowest BCUT2D eigenvalue weighted by Gasteiger charge is -2.01. The highest BCUT2D eigenvalue weighted by atomic mass is 32.2. The number of hydrogen-bond donors (Lipinski definition) is 1. The van der Waals surface area contributed by atoms with Crippen LogP contribution >= 0.6 is 23.3 Å². The minimum absolute atomic E-state index is 0.0233. The van der Waals surface area contributed by atoms with Crippen molar-refractivity contribution in [1.29, 1.82) is 0 Å². The van der Waals surface area contributed by atoms with E-state index in [1.54, 1.807) is 6.07 Å². The lowest BCUT2D eigenvalue weighted by atomic mass is 10.3. The van der Waals surface area contributed by atoms with Crippen molar-refractivity contribution < 1.29 is 5.11 Å². The Bertz CT molecular complexity index is 478. The number of nitrogens with zero attached hydrogens (tertiary/aromatic N) is 3. The molecule has 0 aliphatic rings. The molecule has 0 aliphatic carbocycles. The van der Waals surface area contributed by atoms with E-state index in [0.717, 1.165) is 17.1 Å². The third-order valence-corrected chi connectivity index (χ3v) is 3.69. The van der Waals surface area contributed by atoms with E-state index in [1.165, 1.54) is 28.9 Å². The Morgan fingerprint density at radius 3 is 2.81 bits per heavy atom. The van der Waals surface area contributed by atoms with Gasteiger partial charge in [-0.05, 0) is 30.9 Å². The summed E-state index contributed by atoms with van der Waals surface area (Å²) in [4.78, 5) is 8.19. The smallest absolute Gasteiger partial charge is 0.215 e. The molecule has 0 amide bonds. The van der Waals surface area contributed by atoms with E-state index in [0.29, 0.717) is 5.16 Å². The largest absolute Gasteiger partial charge is 0.493 e. The van der Waals surface area contributed by atoms with Gasteiger partial charge < -0.3 is 5.11 Å². The van der Waals surface area contributed by atoms with Gasteiger partial charge in [-0.15, -0.1) is 0 Å². The van der Waals surface area contributed by atoms with Gasteiger partial charge in [0.2, 0.25) is 5.88 Å². The van der Waals surface area contributed by atoms with Crippen LogP contribution in [0.25, 0.3) is 0 Å². The van der Waals surface area contributed by atoms with Crippen LogP contribution in [0.5, 0.6) is 5.88 Å². The highest BCUT2D eigenvalue weighted by Gasteiger charge is 2.05. The zero-order valence-electron chi connectivity index (χ0n) is 8.97. The summed E-state index contributed by atoms with van der Waals surface area (Å²) in [5.41, 5.74) is 3.02. The average Bonchev–Trinajstić information content (AvgIpc) is 2.59. The van der Waals surface area contributed by atoms with Gasteiger partial charge >= 0.3 is 0 Å². The molecule has 4 nitrogen and oxygen atoms in total. The fraction of sp³-hybridized carbons (Fsp3) is 0.300. The first-order valence-electron chi connectivity index (χ1n) is 4.72. The Hall–Kier alpha value is -1.14. The predicted molar refractivity (Wildman–Crippen MR) is 64.8 cm³/mol. The average molecular weight is 253 g/mol. The molecule has 6 heteroatoms. The van der Waals surface area contributed by atoms with Crippen molar-refractivity contribution >= 4 is 23.3 Å². The molecule has 0 spiro atoms. The van der Waals surface area contributed by atoms with E-state index in [2.05, 4.69) is 14.3 Å². The number of hydrogen-bond acceptors (Lipinski definition) is 6. The molecule has 0 aromatic carbocycles. The summed E-state index contributed by atoms with van der Waals surface area (Å²) in [6.45, 7) is 3.82. The Labute approximate surface area is 102 Å². The van der Waals surface area contributed by atoms with Gasteiger partial charge in [0.05, 0.1) is 5.69 Å². The predicted octanol–water partition coefficient (Wildman–Crippen LogP) is 2.55. The van der Waals surface area contributed by atoms with E-state index in [9.17, 15) is 5.11 Å². The molecule has 2 rings (SSSR count). The van der Waals surface area contributed by atoms with Gasteiger partial charge in [0.15, 0.2) is 5.16 Å². The molecule has 0 saturated carbocycles. The lowest BCUT2D eigenvalue weighted by molar-refractivity contribution is 0.444. The summed E-state index contributed by atoms with van der Waals surface area (Å²) in [5.74, 6) is 0.806. The van der Waals surface area contributed by atoms with Crippen LogP contribution in [-0.2, 0) is 5.75 Å². The van der Waals surface area contributed by atoms with E-state index in [4.69, 9.17) is 0 Å². The van der Waals surface area contributed by atoms with Crippen LogP contribution in [-0.4, -0.2) is 19.4 Å². The van der Waals surface area contributed by atoms with Crippen LogP contribution < -0.4 is 0 Å². The first-order chi connectivity index (χ1) is 7.65. The highest BCUT2D eigenvalue weighted by molar-refractivity contribution is 7.98. The van der Waals surface area contributed by atoms with Crippen molar-refractivity contribution in [3.63, 3.8) is 0 Å². The minimum atomic E-state index is 0.0233. The van der Waals surface area contributed by atoms with Crippen molar-refractivity contribution in [2.75, 3.05) is 0 Å². The van der Waals surface area contributed by atoms with Crippen LogP contribution in [0.1, 0.15) is 17.0 Å². The molecule has 0 unspecified atom stereocenters. The first kappa shape index (κ1) is 11.3. The van der Waals surface area contributed by atoms with E-state index < -0.39 is 0 Å². The number of aromatic nitrogens is 3. The quantitative estimate of drug-likeness (QED) is 0.673. The molecule has 0 fully saturated rings. The number of thioether (sulfide) groups is 1. The van der Waals surface area contributed by atoms with Gasteiger partial charge in [0.1, 0.15) is 0 Å². The number of aryl methyl sites for hydroxylation is 2. The second-order valence-corrected chi connectivity index (χ2v) is 4.94.